The van der Waals surface area contributed by atoms with Gasteiger partial charge < -0.3 is 5.11 Å². The summed E-state index contributed by atoms with van der Waals surface area (Å²) >= 11 is 3.62. The third-order valence-electron chi connectivity index (χ3n) is 3.64. The topological polar surface area (TPSA) is 23.5 Å². The number of halogens is 1. The molecule has 1 unspecified atom stereocenters. The van der Waals surface area contributed by atoms with E-state index in [2.05, 4.69) is 27.8 Å². The maximum Gasteiger partial charge on any atom is 0.0558 e. The number of rotatable bonds is 8. The summed E-state index contributed by atoms with van der Waals surface area (Å²) in [4.78, 5) is 2.52. The van der Waals surface area contributed by atoms with Crippen molar-refractivity contribution in [2.75, 3.05) is 25.0 Å². The third kappa shape index (κ3) is 4.72. The number of aliphatic hydroxyl groups is 1. The molecular formula is C13H26BrNO. The van der Waals surface area contributed by atoms with E-state index in [1.807, 2.05) is 0 Å². The quantitative estimate of drug-likeness (QED) is 0.695. The zero-order chi connectivity index (χ0) is 11.8. The smallest absolute Gasteiger partial charge is 0.0558 e. The molecule has 0 bridgehead atoms. The van der Waals surface area contributed by atoms with Crippen LogP contribution in [0.1, 0.15) is 45.4 Å². The molecule has 1 fully saturated rings. The van der Waals surface area contributed by atoms with Crippen LogP contribution in [0.4, 0.5) is 0 Å². The summed E-state index contributed by atoms with van der Waals surface area (Å²) in [5.74, 6) is 0.747. The number of hydrogen-bond acceptors (Lipinski definition) is 2. The highest BCUT2D eigenvalue weighted by Crippen LogP contribution is 2.25. The summed E-state index contributed by atoms with van der Waals surface area (Å²) in [6.07, 6.45) is 7.97. The van der Waals surface area contributed by atoms with Gasteiger partial charge in [-0.25, -0.2) is 0 Å². The molecule has 1 aliphatic carbocycles. The van der Waals surface area contributed by atoms with Crippen molar-refractivity contribution in [3.05, 3.63) is 0 Å². The zero-order valence-electron chi connectivity index (χ0n) is 10.5. The zero-order valence-corrected chi connectivity index (χ0v) is 12.1. The summed E-state index contributed by atoms with van der Waals surface area (Å²) in [5, 5.41) is 10.3. The maximum atomic E-state index is 9.16. The monoisotopic (exact) mass is 291 g/mol. The number of nitrogens with zero attached hydrogens (tertiary/aromatic N) is 1. The Bertz CT molecular complexity index is 171. The van der Waals surface area contributed by atoms with Crippen LogP contribution in [-0.4, -0.2) is 41.1 Å². The van der Waals surface area contributed by atoms with Crippen molar-refractivity contribution >= 4 is 15.9 Å². The molecule has 1 atom stereocenters. The molecule has 3 heteroatoms. The van der Waals surface area contributed by atoms with Crippen LogP contribution in [0.15, 0.2) is 0 Å². The Morgan fingerprint density at radius 2 is 2.06 bits per heavy atom. The lowest BCUT2D eigenvalue weighted by Crippen LogP contribution is -2.39. The first kappa shape index (κ1) is 14.5. The Morgan fingerprint density at radius 1 is 1.38 bits per heavy atom. The lowest BCUT2D eigenvalue weighted by molar-refractivity contribution is 0.133. The Kier molecular flexibility index (Phi) is 7.67. The maximum absolute atomic E-state index is 9.16. The van der Waals surface area contributed by atoms with Gasteiger partial charge in [-0.2, -0.15) is 0 Å². The van der Waals surface area contributed by atoms with Gasteiger partial charge in [-0.1, -0.05) is 42.1 Å². The number of aliphatic hydroxyl groups excluding tert-OH is 1. The Labute approximate surface area is 109 Å². The van der Waals surface area contributed by atoms with Gasteiger partial charge in [0.1, 0.15) is 0 Å². The van der Waals surface area contributed by atoms with E-state index in [4.69, 9.17) is 5.11 Å². The van der Waals surface area contributed by atoms with E-state index in [0.717, 1.165) is 30.4 Å². The first-order valence-electron chi connectivity index (χ1n) is 6.72. The highest BCUT2D eigenvalue weighted by molar-refractivity contribution is 9.09. The normalized spacial score (nSPS) is 19.5. The van der Waals surface area contributed by atoms with E-state index in [1.54, 1.807) is 0 Å². The van der Waals surface area contributed by atoms with Crippen LogP contribution in [0.5, 0.6) is 0 Å². The minimum atomic E-state index is 0.303. The molecule has 1 saturated carbocycles. The lowest BCUT2D eigenvalue weighted by Gasteiger charge is -2.31. The lowest BCUT2D eigenvalue weighted by atomic mass is 10.0. The minimum Gasteiger partial charge on any atom is -0.395 e. The molecule has 0 aromatic heterocycles. The minimum absolute atomic E-state index is 0.303. The van der Waals surface area contributed by atoms with E-state index in [9.17, 15) is 0 Å². The van der Waals surface area contributed by atoms with Crippen LogP contribution in [0.2, 0.25) is 0 Å². The Hall–Kier alpha value is 0.400. The molecule has 16 heavy (non-hydrogen) atoms. The second-order valence-electron chi connectivity index (χ2n) is 4.97. The second kappa shape index (κ2) is 8.48. The van der Waals surface area contributed by atoms with Crippen molar-refractivity contribution in [3.63, 3.8) is 0 Å². The van der Waals surface area contributed by atoms with Crippen LogP contribution >= 0.6 is 15.9 Å². The van der Waals surface area contributed by atoms with Gasteiger partial charge in [-0.15, -0.1) is 0 Å². The van der Waals surface area contributed by atoms with Crippen molar-refractivity contribution in [1.29, 1.82) is 0 Å². The predicted octanol–water partition coefficient (Wildman–Crippen LogP) is 3.03. The van der Waals surface area contributed by atoms with Gasteiger partial charge >= 0.3 is 0 Å². The molecule has 0 heterocycles. The van der Waals surface area contributed by atoms with Crippen molar-refractivity contribution in [2.45, 2.75) is 51.5 Å². The van der Waals surface area contributed by atoms with Gasteiger partial charge in [0, 0.05) is 24.5 Å². The first-order valence-corrected chi connectivity index (χ1v) is 7.84. The molecule has 0 saturated heterocycles. The summed E-state index contributed by atoms with van der Waals surface area (Å²) in [7, 11) is 0. The second-order valence-corrected chi connectivity index (χ2v) is 5.61. The molecule has 1 N–H and O–H groups in total. The molecule has 0 radical (unpaired) electrons. The summed E-state index contributed by atoms with van der Waals surface area (Å²) in [6.45, 7) is 4.57. The van der Waals surface area contributed by atoms with Gasteiger partial charge in [0.05, 0.1) is 6.61 Å². The fourth-order valence-corrected chi connectivity index (χ4v) is 3.31. The van der Waals surface area contributed by atoms with E-state index in [1.165, 1.54) is 38.5 Å². The fraction of sp³-hybridized carbons (Fsp3) is 1.00. The van der Waals surface area contributed by atoms with Crippen LogP contribution in [0, 0.1) is 5.92 Å². The molecule has 0 aromatic rings. The number of hydrogen-bond donors (Lipinski definition) is 1. The molecule has 1 aliphatic rings. The van der Waals surface area contributed by atoms with Crippen LogP contribution in [0.25, 0.3) is 0 Å². The van der Waals surface area contributed by atoms with Crippen molar-refractivity contribution < 1.29 is 5.11 Å². The van der Waals surface area contributed by atoms with Gasteiger partial charge in [0.25, 0.3) is 0 Å². The van der Waals surface area contributed by atoms with Gasteiger partial charge in [0.15, 0.2) is 0 Å². The summed E-state index contributed by atoms with van der Waals surface area (Å²) in [6, 6.07) is 0.741. The number of alkyl halides is 1. The van der Waals surface area contributed by atoms with Gasteiger partial charge in [0.2, 0.25) is 0 Å². The van der Waals surface area contributed by atoms with Crippen molar-refractivity contribution in [1.82, 2.24) is 4.90 Å². The first-order chi connectivity index (χ1) is 7.81. The van der Waals surface area contributed by atoms with E-state index >= 15 is 0 Å². The SMILES string of the molecule is CCCC(CBr)CN(CCO)C1CCCC1. The van der Waals surface area contributed by atoms with Crippen LogP contribution < -0.4 is 0 Å². The largest absolute Gasteiger partial charge is 0.395 e. The molecule has 2 nitrogen and oxygen atoms in total. The molecule has 0 aliphatic heterocycles. The summed E-state index contributed by atoms with van der Waals surface area (Å²) < 4.78 is 0. The molecule has 96 valence electrons. The van der Waals surface area contributed by atoms with Gasteiger partial charge in [-0.3, -0.25) is 4.90 Å². The Morgan fingerprint density at radius 3 is 2.56 bits per heavy atom. The van der Waals surface area contributed by atoms with E-state index in [-0.39, 0.29) is 0 Å². The average molecular weight is 292 g/mol. The highest BCUT2D eigenvalue weighted by atomic mass is 79.9. The van der Waals surface area contributed by atoms with Crippen molar-refractivity contribution in [3.8, 4) is 0 Å². The van der Waals surface area contributed by atoms with E-state index in [0.29, 0.717) is 6.61 Å². The molecular weight excluding hydrogens is 266 g/mol. The highest BCUT2D eigenvalue weighted by Gasteiger charge is 2.23. The Balaban J connectivity index is 2.41. The molecule has 0 spiro atoms. The fourth-order valence-electron chi connectivity index (χ4n) is 2.78. The molecule has 0 aromatic carbocycles. The molecule has 0 amide bonds. The molecule has 1 rings (SSSR count). The van der Waals surface area contributed by atoms with Crippen molar-refractivity contribution in [2.24, 2.45) is 5.92 Å². The van der Waals surface area contributed by atoms with Crippen LogP contribution in [0.3, 0.4) is 0 Å². The summed E-state index contributed by atoms with van der Waals surface area (Å²) in [5.41, 5.74) is 0. The standard InChI is InChI=1S/C13H26BrNO/c1-2-5-12(10-14)11-15(8-9-16)13-6-3-4-7-13/h12-13,16H,2-11H2,1H3. The van der Waals surface area contributed by atoms with Crippen LogP contribution in [-0.2, 0) is 0 Å². The van der Waals surface area contributed by atoms with E-state index < -0.39 is 0 Å². The third-order valence-corrected chi connectivity index (χ3v) is 4.55. The average Bonchev–Trinajstić information content (AvgIpc) is 2.81. The predicted molar refractivity (Wildman–Crippen MR) is 73.1 cm³/mol. The van der Waals surface area contributed by atoms with Gasteiger partial charge in [-0.05, 0) is 25.2 Å².